The van der Waals surface area contributed by atoms with E-state index in [0.29, 0.717) is 5.92 Å². The monoisotopic (exact) mass is 745 g/mol. The summed E-state index contributed by atoms with van der Waals surface area (Å²) in [7, 11) is 0. The van der Waals surface area contributed by atoms with Gasteiger partial charge in [-0.2, -0.15) is 0 Å². The summed E-state index contributed by atoms with van der Waals surface area (Å²) < 4.78 is 2.16. The van der Waals surface area contributed by atoms with Crippen LogP contribution < -0.4 is 0 Å². The number of hydrogen-bond acceptors (Lipinski definition) is 4. The summed E-state index contributed by atoms with van der Waals surface area (Å²) in [5.41, 5.74) is 7.89. The number of aromatic nitrogens is 4. The molecule has 0 aliphatic carbocycles. The lowest BCUT2D eigenvalue weighted by atomic mass is 9.82. The van der Waals surface area contributed by atoms with Crippen LogP contribution in [0.25, 0.3) is 0 Å². The lowest BCUT2D eigenvalue weighted by Crippen LogP contribution is -2.19. The molecule has 0 amide bonds. The Kier molecular flexibility index (Phi) is 16.2. The van der Waals surface area contributed by atoms with Crippen molar-refractivity contribution in [2.75, 3.05) is 0 Å². The molecule has 0 radical (unpaired) electrons. The van der Waals surface area contributed by atoms with Gasteiger partial charge >= 0.3 is 0 Å². The second-order valence-corrected chi connectivity index (χ2v) is 23.1. The van der Waals surface area contributed by atoms with Crippen molar-refractivity contribution in [1.29, 1.82) is 0 Å². The number of pyridine rings is 1. The first-order valence-corrected chi connectivity index (χ1v) is 20.5. The summed E-state index contributed by atoms with van der Waals surface area (Å²) >= 11 is 1.84. The van der Waals surface area contributed by atoms with Crippen molar-refractivity contribution >= 4 is 11.3 Å². The van der Waals surface area contributed by atoms with Gasteiger partial charge in [0.05, 0.1) is 17.0 Å². The van der Waals surface area contributed by atoms with Crippen LogP contribution in [0.15, 0.2) is 61.3 Å². The summed E-state index contributed by atoms with van der Waals surface area (Å²) in [6.45, 7) is 50.9. The van der Waals surface area contributed by atoms with Crippen LogP contribution in [0.5, 0.6) is 0 Å². The Hall–Kier alpha value is -2.79. The fourth-order valence-electron chi connectivity index (χ4n) is 4.72. The number of hydrogen-bond donors (Lipinski definition) is 0. The number of imidazole rings is 1. The average molecular weight is 745 g/mol. The Bertz CT molecular complexity index is 1470. The third kappa shape index (κ3) is 16.6. The summed E-state index contributed by atoms with van der Waals surface area (Å²) in [6, 6.07) is 13.3. The van der Waals surface area contributed by atoms with Crippen molar-refractivity contribution < 1.29 is 0 Å². The van der Waals surface area contributed by atoms with Crippen LogP contribution in [-0.4, -0.2) is 19.5 Å². The van der Waals surface area contributed by atoms with E-state index >= 15 is 0 Å². The molecule has 4 nitrogen and oxygen atoms in total. The first-order valence-electron chi connectivity index (χ1n) is 19.6. The molecule has 3 heterocycles. The van der Waals surface area contributed by atoms with Gasteiger partial charge in [-0.15, -0.1) is 11.3 Å². The molecule has 5 heteroatoms. The van der Waals surface area contributed by atoms with Gasteiger partial charge in [0, 0.05) is 45.5 Å². The number of benzene rings is 1. The van der Waals surface area contributed by atoms with Gasteiger partial charge in [-0.1, -0.05) is 169 Å². The van der Waals surface area contributed by atoms with E-state index in [0.717, 1.165) is 5.69 Å². The van der Waals surface area contributed by atoms with Gasteiger partial charge < -0.3 is 4.57 Å². The van der Waals surface area contributed by atoms with E-state index in [-0.39, 0.29) is 38.0 Å². The zero-order valence-electron chi connectivity index (χ0n) is 38.5. The third-order valence-electron chi connectivity index (χ3n) is 8.87. The van der Waals surface area contributed by atoms with Gasteiger partial charge in [0.25, 0.3) is 0 Å². The van der Waals surface area contributed by atoms with Gasteiger partial charge in [0.1, 0.15) is 0 Å². The normalized spacial score (nSPS) is 13.0. The molecule has 3 aromatic heterocycles. The second kappa shape index (κ2) is 17.8. The average Bonchev–Trinajstić information content (AvgIpc) is 3.68. The quantitative estimate of drug-likeness (QED) is 0.195. The molecular weight excluding hydrogens is 665 g/mol. The van der Waals surface area contributed by atoms with E-state index in [1.807, 2.05) is 30.1 Å². The highest BCUT2D eigenvalue weighted by Crippen LogP contribution is 2.33. The largest absolute Gasteiger partial charge is 0.332 e. The predicted octanol–water partition coefficient (Wildman–Crippen LogP) is 14.5. The maximum atomic E-state index is 4.52. The molecule has 0 spiro atoms. The van der Waals surface area contributed by atoms with E-state index in [1.54, 1.807) is 0 Å². The topological polar surface area (TPSA) is 43.6 Å². The third-order valence-corrected chi connectivity index (χ3v) is 10.7. The maximum absolute atomic E-state index is 4.52. The predicted molar refractivity (Wildman–Crippen MR) is 236 cm³/mol. The molecule has 1 aromatic carbocycles. The highest BCUT2D eigenvalue weighted by molar-refractivity contribution is 7.11. The molecule has 0 fully saturated rings. The lowest BCUT2D eigenvalue weighted by molar-refractivity contribution is 0.396. The number of nitrogens with zero attached hydrogens (tertiary/aromatic N) is 4. The summed E-state index contributed by atoms with van der Waals surface area (Å²) in [5, 5.41) is 1.23. The van der Waals surface area contributed by atoms with Gasteiger partial charge in [-0.05, 0) is 71.1 Å². The Balaban J connectivity index is 0.000000354. The molecule has 0 atom stereocenters. The van der Waals surface area contributed by atoms with Crippen LogP contribution >= 0.6 is 11.3 Å². The molecule has 0 unspecified atom stereocenters. The minimum Gasteiger partial charge on any atom is -0.332 e. The Labute approximate surface area is 332 Å². The smallest absolute Gasteiger partial charge is 0.0981 e. The second-order valence-electron chi connectivity index (χ2n) is 22.1. The van der Waals surface area contributed by atoms with Crippen LogP contribution in [0.3, 0.4) is 0 Å². The zero-order chi connectivity index (χ0) is 41.6. The van der Waals surface area contributed by atoms with Crippen molar-refractivity contribution in [2.45, 2.75) is 203 Å². The van der Waals surface area contributed by atoms with Crippen molar-refractivity contribution in [1.82, 2.24) is 19.5 Å². The molecule has 4 rings (SSSR count). The Morgan fingerprint density at radius 1 is 0.472 bits per heavy atom. The number of thiazole rings is 1. The summed E-state index contributed by atoms with van der Waals surface area (Å²) in [4.78, 5) is 14.7. The van der Waals surface area contributed by atoms with E-state index in [9.17, 15) is 0 Å². The van der Waals surface area contributed by atoms with Gasteiger partial charge in [-0.3, -0.25) is 4.98 Å². The molecule has 0 saturated heterocycles. The van der Waals surface area contributed by atoms with Gasteiger partial charge in [0.2, 0.25) is 0 Å². The van der Waals surface area contributed by atoms with Gasteiger partial charge in [0.15, 0.2) is 0 Å². The van der Waals surface area contributed by atoms with Crippen molar-refractivity contribution in [2.24, 2.45) is 0 Å². The molecule has 0 bridgehead atoms. The van der Waals surface area contributed by atoms with Crippen LogP contribution in [0.2, 0.25) is 0 Å². The molecule has 0 N–H and O–H groups in total. The first kappa shape index (κ1) is 48.2. The minimum absolute atomic E-state index is 0.149. The first-order chi connectivity index (χ1) is 23.5. The van der Waals surface area contributed by atoms with Crippen LogP contribution in [0, 0.1) is 0 Å². The van der Waals surface area contributed by atoms with Crippen molar-refractivity contribution in [3.8, 4) is 0 Å². The molecule has 53 heavy (non-hydrogen) atoms. The fraction of sp³-hybridized carbons (Fsp3) is 0.646. The Morgan fingerprint density at radius 2 is 0.906 bits per heavy atom. The van der Waals surface area contributed by atoms with E-state index in [1.165, 1.54) is 32.3 Å². The fourth-order valence-corrected chi connectivity index (χ4v) is 5.75. The summed E-state index contributed by atoms with van der Waals surface area (Å²) in [5.74, 6) is 0.522. The molecule has 298 valence electrons. The maximum Gasteiger partial charge on any atom is 0.0981 e. The van der Waals surface area contributed by atoms with Crippen LogP contribution in [0.1, 0.15) is 203 Å². The molecule has 0 saturated carbocycles. The van der Waals surface area contributed by atoms with Crippen LogP contribution in [0.4, 0.5) is 0 Å². The zero-order valence-corrected chi connectivity index (χ0v) is 39.4. The van der Waals surface area contributed by atoms with E-state index in [2.05, 4.69) is 221 Å². The Morgan fingerprint density at radius 3 is 1.13 bits per heavy atom. The minimum atomic E-state index is 0.149. The van der Waals surface area contributed by atoms with Gasteiger partial charge in [-0.25, -0.2) is 9.97 Å². The van der Waals surface area contributed by atoms with E-state index in [4.69, 9.17) is 0 Å². The molecular formula is C48H80N4S. The molecule has 4 aromatic rings. The van der Waals surface area contributed by atoms with Crippen molar-refractivity contribution in [3.63, 3.8) is 0 Å². The van der Waals surface area contributed by atoms with Crippen molar-refractivity contribution in [3.05, 3.63) is 99.3 Å². The van der Waals surface area contributed by atoms with E-state index < -0.39 is 0 Å². The molecule has 0 aliphatic heterocycles. The SMILES string of the molecule is CC(C)(C)c1ccc(C(C)(C)C)cc1.CC(C)(C)c1ccc(C(C)(C)C)nc1.CC(C)(C)c1cnc(C(C)(C)C)s1.CC(C)c1cn(C(C)(C)C)cn1. The highest BCUT2D eigenvalue weighted by atomic mass is 32.1. The summed E-state index contributed by atoms with van der Waals surface area (Å²) in [6.07, 6.45) is 8.06. The molecule has 0 aliphatic rings. The number of rotatable bonds is 1. The van der Waals surface area contributed by atoms with Crippen LogP contribution in [-0.2, 0) is 38.0 Å². The highest BCUT2D eigenvalue weighted by Gasteiger charge is 2.23. The lowest BCUT2D eigenvalue weighted by Gasteiger charge is -2.23. The standard InChI is InChI=1S/C14H22.C13H21N.C11H19NS.C10H18N2/c1-13(2,3)11-7-9-12(10-8-11)14(4,5)6;1-12(2,3)10-7-8-11(14-9-10)13(4,5)6;1-10(2,3)8-7-12-9(13-8)11(4,5)6;1-8(2)9-6-12(7-11-9)10(3,4)5/h7-10H,1-6H3;7-9H,1-6H3;7H,1-6H3;6-8H,1-5H3.